The van der Waals surface area contributed by atoms with Crippen molar-refractivity contribution >= 4 is 22.3 Å². The predicted octanol–water partition coefficient (Wildman–Crippen LogP) is 4.31. The lowest BCUT2D eigenvalue weighted by Crippen LogP contribution is -2.20. The molecule has 0 saturated heterocycles. The molecule has 0 aliphatic heterocycles. The van der Waals surface area contributed by atoms with Gasteiger partial charge in [0.15, 0.2) is 5.78 Å². The van der Waals surface area contributed by atoms with Crippen molar-refractivity contribution in [2.45, 2.75) is 4.90 Å². The number of benzene rings is 3. The van der Waals surface area contributed by atoms with Crippen LogP contribution in [0.15, 0.2) is 102 Å². The Morgan fingerprint density at radius 2 is 1.30 bits per heavy atom. The van der Waals surface area contributed by atoms with Crippen molar-refractivity contribution in [3.8, 4) is 0 Å². The van der Waals surface area contributed by atoms with Crippen LogP contribution in [0.3, 0.4) is 0 Å². The zero-order chi connectivity index (χ0) is 18.9. The van der Waals surface area contributed by atoms with Gasteiger partial charge in [-0.05, 0) is 17.7 Å². The zero-order valence-electron chi connectivity index (χ0n) is 14.9. The fraction of sp³-hybridized carbons (Fsp3) is 0.0870. The summed E-state index contributed by atoms with van der Waals surface area (Å²) >= 11 is 0. The van der Waals surface area contributed by atoms with Crippen LogP contribution in [-0.4, -0.2) is 22.3 Å². The lowest BCUT2D eigenvalue weighted by atomic mass is 10.1. The monoisotopic (exact) mass is 375 g/mol. The van der Waals surface area contributed by atoms with Gasteiger partial charge >= 0.3 is 0 Å². The summed E-state index contributed by atoms with van der Waals surface area (Å²) in [6.07, 6.45) is 1.61. The number of carbonyl (C=O) groups is 1. The highest BCUT2D eigenvalue weighted by atomic mass is 32.2. The van der Waals surface area contributed by atoms with E-state index in [4.69, 9.17) is 0 Å². The van der Waals surface area contributed by atoms with Crippen LogP contribution in [-0.2, 0) is 10.8 Å². The van der Waals surface area contributed by atoms with Crippen molar-refractivity contribution in [1.82, 2.24) is 5.32 Å². The van der Waals surface area contributed by atoms with Crippen molar-refractivity contribution in [2.75, 3.05) is 12.3 Å². The average Bonchev–Trinajstić information content (AvgIpc) is 2.74. The third-order valence-corrected chi connectivity index (χ3v) is 5.40. The highest BCUT2D eigenvalue weighted by Gasteiger charge is 2.08. The molecular formula is C23H21NO2S. The standard InChI is InChI=1S/C23H21NO2S/c25-23(20-12-6-2-7-13-20)18-22(19-10-4-1-5-11-19)24-16-17-27(26)21-14-8-3-9-15-21/h1-15,18,24H,16-17H2/b22-18-. The highest BCUT2D eigenvalue weighted by molar-refractivity contribution is 7.85. The van der Waals surface area contributed by atoms with E-state index in [1.54, 1.807) is 18.2 Å². The van der Waals surface area contributed by atoms with Gasteiger partial charge in [0.2, 0.25) is 0 Å². The zero-order valence-corrected chi connectivity index (χ0v) is 15.7. The molecule has 136 valence electrons. The normalized spacial score (nSPS) is 12.4. The van der Waals surface area contributed by atoms with E-state index in [-0.39, 0.29) is 5.78 Å². The molecule has 0 aromatic heterocycles. The lowest BCUT2D eigenvalue weighted by molar-refractivity contribution is 0.104. The molecule has 3 aromatic rings. The quantitative estimate of drug-likeness (QED) is 0.471. The van der Waals surface area contributed by atoms with E-state index < -0.39 is 10.8 Å². The second-order valence-electron chi connectivity index (χ2n) is 5.94. The van der Waals surface area contributed by atoms with Crippen LogP contribution in [0.1, 0.15) is 15.9 Å². The van der Waals surface area contributed by atoms with E-state index >= 15 is 0 Å². The number of hydrogen-bond donors (Lipinski definition) is 1. The smallest absolute Gasteiger partial charge is 0.187 e. The van der Waals surface area contributed by atoms with Crippen molar-refractivity contribution in [1.29, 1.82) is 0 Å². The lowest BCUT2D eigenvalue weighted by Gasteiger charge is -2.11. The van der Waals surface area contributed by atoms with Gasteiger partial charge < -0.3 is 5.32 Å². The van der Waals surface area contributed by atoms with Crippen LogP contribution >= 0.6 is 0 Å². The summed E-state index contributed by atoms with van der Waals surface area (Å²) in [5, 5.41) is 3.28. The molecule has 3 aromatic carbocycles. The molecule has 1 N–H and O–H groups in total. The van der Waals surface area contributed by atoms with Gasteiger partial charge in [0, 0.05) is 34.5 Å². The summed E-state index contributed by atoms with van der Waals surface area (Å²) < 4.78 is 12.4. The molecule has 4 heteroatoms. The van der Waals surface area contributed by atoms with Gasteiger partial charge in [-0.15, -0.1) is 0 Å². The molecule has 0 amide bonds. The van der Waals surface area contributed by atoms with Crippen LogP contribution in [0.5, 0.6) is 0 Å². The maximum atomic E-state index is 12.6. The highest BCUT2D eigenvalue weighted by Crippen LogP contribution is 2.13. The van der Waals surface area contributed by atoms with Gasteiger partial charge in [-0.3, -0.25) is 9.00 Å². The fourth-order valence-electron chi connectivity index (χ4n) is 2.64. The van der Waals surface area contributed by atoms with Crippen LogP contribution in [0, 0.1) is 0 Å². The van der Waals surface area contributed by atoms with E-state index in [1.165, 1.54) is 0 Å². The number of carbonyl (C=O) groups excluding carboxylic acids is 1. The first-order valence-corrected chi connectivity index (χ1v) is 10.1. The maximum absolute atomic E-state index is 12.6. The van der Waals surface area contributed by atoms with Crippen LogP contribution in [0.2, 0.25) is 0 Å². The fourth-order valence-corrected chi connectivity index (χ4v) is 3.62. The number of ketones is 1. The minimum Gasteiger partial charge on any atom is -0.384 e. The van der Waals surface area contributed by atoms with Crippen molar-refractivity contribution < 1.29 is 9.00 Å². The van der Waals surface area contributed by atoms with Gasteiger partial charge in [-0.2, -0.15) is 0 Å². The summed E-state index contributed by atoms with van der Waals surface area (Å²) in [6.45, 7) is 0.504. The van der Waals surface area contributed by atoms with Crippen molar-refractivity contribution in [2.24, 2.45) is 0 Å². The summed E-state index contributed by atoms with van der Waals surface area (Å²) in [6, 6.07) is 28.3. The summed E-state index contributed by atoms with van der Waals surface area (Å²) in [5.74, 6) is 0.402. The van der Waals surface area contributed by atoms with Crippen LogP contribution in [0.4, 0.5) is 0 Å². The van der Waals surface area contributed by atoms with Gasteiger partial charge in [-0.1, -0.05) is 78.9 Å². The SMILES string of the molecule is O=C(/C=C(\NCCS(=O)c1ccccc1)c1ccccc1)c1ccccc1. The second-order valence-corrected chi connectivity index (χ2v) is 7.51. The Hall–Kier alpha value is -2.98. The Morgan fingerprint density at radius 3 is 1.89 bits per heavy atom. The minimum atomic E-state index is -1.08. The van der Waals surface area contributed by atoms with E-state index in [2.05, 4.69) is 5.32 Å². The molecule has 3 rings (SSSR count). The van der Waals surface area contributed by atoms with Crippen LogP contribution < -0.4 is 5.32 Å². The molecular weight excluding hydrogens is 354 g/mol. The number of hydrogen-bond acceptors (Lipinski definition) is 3. The molecule has 0 aliphatic carbocycles. The Kier molecular flexibility index (Phi) is 6.72. The summed E-state index contributed by atoms with van der Waals surface area (Å²) in [7, 11) is -1.08. The molecule has 0 aliphatic rings. The summed E-state index contributed by atoms with van der Waals surface area (Å²) in [5.41, 5.74) is 2.29. The van der Waals surface area contributed by atoms with E-state index in [0.717, 1.165) is 16.2 Å². The largest absolute Gasteiger partial charge is 0.384 e. The van der Waals surface area contributed by atoms with Gasteiger partial charge in [0.1, 0.15) is 0 Å². The summed E-state index contributed by atoms with van der Waals surface area (Å²) in [4.78, 5) is 13.4. The molecule has 0 bridgehead atoms. The Bertz CT molecular complexity index is 922. The molecule has 0 radical (unpaired) electrons. The molecule has 0 saturated carbocycles. The average molecular weight is 375 g/mol. The Morgan fingerprint density at radius 1 is 0.778 bits per heavy atom. The molecule has 1 unspecified atom stereocenters. The first-order chi connectivity index (χ1) is 13.2. The third kappa shape index (κ3) is 5.50. The molecule has 3 nitrogen and oxygen atoms in total. The molecule has 27 heavy (non-hydrogen) atoms. The maximum Gasteiger partial charge on any atom is 0.187 e. The molecule has 0 fully saturated rings. The molecule has 0 spiro atoms. The van der Waals surface area contributed by atoms with Crippen molar-refractivity contribution in [3.63, 3.8) is 0 Å². The van der Waals surface area contributed by atoms with Crippen LogP contribution in [0.25, 0.3) is 5.70 Å². The predicted molar refractivity (Wildman–Crippen MR) is 111 cm³/mol. The van der Waals surface area contributed by atoms with E-state index in [1.807, 2.05) is 78.9 Å². The van der Waals surface area contributed by atoms with Gasteiger partial charge in [0.05, 0.1) is 10.8 Å². The van der Waals surface area contributed by atoms with Gasteiger partial charge in [-0.25, -0.2) is 0 Å². The Labute approximate surface area is 162 Å². The molecule has 0 heterocycles. The Balaban J connectivity index is 1.72. The number of allylic oxidation sites excluding steroid dienone is 1. The third-order valence-electron chi connectivity index (χ3n) is 4.03. The number of nitrogens with one attached hydrogen (secondary N) is 1. The van der Waals surface area contributed by atoms with Gasteiger partial charge in [0.25, 0.3) is 0 Å². The molecule has 1 atom stereocenters. The van der Waals surface area contributed by atoms with E-state index in [9.17, 15) is 9.00 Å². The topological polar surface area (TPSA) is 46.2 Å². The first kappa shape index (κ1) is 18.8. The minimum absolute atomic E-state index is 0.0638. The second kappa shape index (κ2) is 9.64. The number of rotatable bonds is 8. The first-order valence-electron chi connectivity index (χ1n) is 8.78. The van der Waals surface area contributed by atoms with Crippen molar-refractivity contribution in [3.05, 3.63) is 108 Å². The van der Waals surface area contributed by atoms with E-state index in [0.29, 0.717) is 17.9 Å².